The summed E-state index contributed by atoms with van der Waals surface area (Å²) in [5.41, 5.74) is 2.68. The minimum atomic E-state index is -0.128. The lowest BCUT2D eigenvalue weighted by Gasteiger charge is -2.33. The van der Waals surface area contributed by atoms with Crippen molar-refractivity contribution in [3.05, 3.63) is 46.5 Å². The molecular weight excluding hydrogens is 290 g/mol. The fourth-order valence-corrected chi connectivity index (χ4v) is 2.90. The van der Waals surface area contributed by atoms with E-state index in [1.165, 1.54) is 12.3 Å². The zero-order valence-corrected chi connectivity index (χ0v) is 13.4. The number of hydrogen-bond donors (Lipinski definition) is 2. The summed E-state index contributed by atoms with van der Waals surface area (Å²) < 4.78 is 1.57. The smallest absolute Gasteiger partial charge is 0.258 e. The molecule has 3 rings (SSSR count). The van der Waals surface area contributed by atoms with Crippen LogP contribution in [0.5, 0.6) is 0 Å². The zero-order valence-electron chi connectivity index (χ0n) is 13.4. The molecule has 1 fully saturated rings. The molecule has 6 heteroatoms. The molecule has 0 aliphatic carbocycles. The van der Waals surface area contributed by atoms with Crippen LogP contribution >= 0.6 is 0 Å². The summed E-state index contributed by atoms with van der Waals surface area (Å²) in [6.45, 7) is 6.77. The van der Waals surface area contributed by atoms with Gasteiger partial charge in [0.2, 0.25) is 0 Å². The molecular formula is C17H21N5O. The molecule has 23 heavy (non-hydrogen) atoms. The number of hydrogen-bond acceptors (Lipinski definition) is 5. The molecule has 1 aliphatic rings. The summed E-state index contributed by atoms with van der Waals surface area (Å²) in [5, 5.41) is 10.8. The van der Waals surface area contributed by atoms with Crippen LogP contribution in [0.1, 0.15) is 19.5 Å². The van der Waals surface area contributed by atoms with E-state index in [9.17, 15) is 4.79 Å². The van der Waals surface area contributed by atoms with E-state index >= 15 is 0 Å². The van der Waals surface area contributed by atoms with Crippen molar-refractivity contribution in [3.63, 3.8) is 0 Å². The summed E-state index contributed by atoms with van der Waals surface area (Å²) >= 11 is 0. The number of fused-ring (bicyclic) bond motifs is 1. The fourth-order valence-electron chi connectivity index (χ4n) is 2.90. The van der Waals surface area contributed by atoms with Crippen LogP contribution in [0.15, 0.2) is 35.3 Å². The molecule has 0 bridgehead atoms. The highest BCUT2D eigenvalue weighted by Gasteiger charge is 2.16. The quantitative estimate of drug-likeness (QED) is 0.844. The first-order chi connectivity index (χ1) is 11.1. The lowest BCUT2D eigenvalue weighted by atomic mass is 10.2. The maximum Gasteiger partial charge on any atom is 0.258 e. The minimum Gasteiger partial charge on any atom is -0.368 e. The second-order valence-electron chi connectivity index (χ2n) is 5.78. The number of nitrogens with one attached hydrogen (secondary N) is 2. The summed E-state index contributed by atoms with van der Waals surface area (Å²) in [4.78, 5) is 19.2. The van der Waals surface area contributed by atoms with Crippen molar-refractivity contribution in [1.82, 2.24) is 14.7 Å². The number of piperazine rings is 1. The Balaban J connectivity index is 2.04. The average molecular weight is 311 g/mol. The Morgan fingerprint density at radius 2 is 2.30 bits per heavy atom. The molecule has 2 N–H and O–H groups in total. The van der Waals surface area contributed by atoms with E-state index < -0.39 is 0 Å². The lowest BCUT2D eigenvalue weighted by molar-refractivity contribution is 0.484. The van der Waals surface area contributed by atoms with E-state index in [1.54, 1.807) is 10.5 Å². The normalized spacial score (nSPS) is 19.1. The van der Waals surface area contributed by atoms with Gasteiger partial charge in [-0.05, 0) is 26.0 Å². The predicted molar refractivity (Wildman–Crippen MR) is 93.6 cm³/mol. The van der Waals surface area contributed by atoms with Crippen molar-refractivity contribution in [2.75, 3.05) is 24.5 Å². The molecule has 2 aromatic rings. The summed E-state index contributed by atoms with van der Waals surface area (Å²) in [7, 11) is 0. The molecule has 6 nitrogen and oxygen atoms in total. The second-order valence-corrected chi connectivity index (χ2v) is 5.78. The zero-order chi connectivity index (χ0) is 16.4. The van der Waals surface area contributed by atoms with Gasteiger partial charge in [0, 0.05) is 49.7 Å². The largest absolute Gasteiger partial charge is 0.368 e. The van der Waals surface area contributed by atoms with Crippen LogP contribution in [0.4, 0.5) is 5.69 Å². The Labute approximate surface area is 135 Å². The molecule has 0 unspecified atom stereocenters. The maximum atomic E-state index is 12.4. The number of aromatic nitrogens is 2. The lowest BCUT2D eigenvalue weighted by Crippen LogP contribution is -2.49. The van der Waals surface area contributed by atoms with Gasteiger partial charge >= 0.3 is 0 Å². The van der Waals surface area contributed by atoms with Gasteiger partial charge < -0.3 is 15.6 Å². The average Bonchev–Trinajstić information content (AvgIpc) is 2.56. The number of pyridine rings is 1. The molecule has 2 aromatic heterocycles. The molecule has 0 saturated carbocycles. The molecule has 0 amide bonds. The third kappa shape index (κ3) is 3.03. The highest BCUT2D eigenvalue weighted by Crippen LogP contribution is 2.17. The molecule has 0 radical (unpaired) electrons. The third-order valence-electron chi connectivity index (χ3n) is 4.14. The highest BCUT2D eigenvalue weighted by molar-refractivity contribution is 6.07. The van der Waals surface area contributed by atoms with Crippen LogP contribution in [-0.4, -0.2) is 41.3 Å². The van der Waals surface area contributed by atoms with Crippen LogP contribution in [0.25, 0.3) is 11.2 Å². The topological polar surface area (TPSA) is 73.5 Å². The minimum absolute atomic E-state index is 0.128. The van der Waals surface area contributed by atoms with Gasteiger partial charge in [-0.25, -0.2) is 4.98 Å². The van der Waals surface area contributed by atoms with Crippen LogP contribution < -0.4 is 15.8 Å². The van der Waals surface area contributed by atoms with Gasteiger partial charge in [0.25, 0.3) is 5.56 Å². The first kappa shape index (κ1) is 15.4. The summed E-state index contributed by atoms with van der Waals surface area (Å²) in [6.07, 6.45) is 4.85. The van der Waals surface area contributed by atoms with Crippen molar-refractivity contribution < 1.29 is 0 Å². The number of rotatable bonds is 3. The van der Waals surface area contributed by atoms with Gasteiger partial charge in [-0.2, -0.15) is 0 Å². The third-order valence-corrected chi connectivity index (χ3v) is 4.14. The van der Waals surface area contributed by atoms with E-state index in [1.807, 2.05) is 25.3 Å². The number of nitrogens with zero attached hydrogens (tertiary/aromatic N) is 3. The Hall–Kier alpha value is -2.47. The van der Waals surface area contributed by atoms with Gasteiger partial charge in [-0.15, -0.1) is 0 Å². The van der Waals surface area contributed by atoms with E-state index in [0.717, 1.165) is 25.3 Å². The molecule has 120 valence electrons. The highest BCUT2D eigenvalue weighted by atomic mass is 16.1. The van der Waals surface area contributed by atoms with Gasteiger partial charge in [0.15, 0.2) is 0 Å². The number of allylic oxidation sites excluding steroid dienone is 2. The Morgan fingerprint density at radius 1 is 1.48 bits per heavy atom. The molecule has 0 aromatic carbocycles. The van der Waals surface area contributed by atoms with E-state index in [-0.39, 0.29) is 5.56 Å². The van der Waals surface area contributed by atoms with Gasteiger partial charge in [0.05, 0.1) is 11.4 Å². The van der Waals surface area contributed by atoms with Crippen molar-refractivity contribution in [3.8, 4) is 0 Å². The van der Waals surface area contributed by atoms with E-state index in [0.29, 0.717) is 23.0 Å². The fraction of sp³-hybridized carbons (Fsp3) is 0.353. The van der Waals surface area contributed by atoms with Gasteiger partial charge in [-0.1, -0.05) is 6.08 Å². The summed E-state index contributed by atoms with van der Waals surface area (Å²) in [5.74, 6) is 0. The standard InChI is InChI=1S/C17H21N5O/c1-3-13(9-18)15-8-17(23)22-11-14(4-5-16(22)20-15)21-7-6-19-12(2)10-21/h3-5,8-9,11-12,18-19H,6-7,10H2,1-2H3/b13-3+,18-9?/t12-/m0/s1. The van der Waals surface area contributed by atoms with E-state index in [2.05, 4.69) is 22.1 Å². The molecule has 3 heterocycles. The van der Waals surface area contributed by atoms with Crippen molar-refractivity contribution in [2.24, 2.45) is 0 Å². The van der Waals surface area contributed by atoms with Crippen LogP contribution in [0.3, 0.4) is 0 Å². The van der Waals surface area contributed by atoms with Crippen LogP contribution in [0.2, 0.25) is 0 Å². The van der Waals surface area contributed by atoms with Crippen LogP contribution in [0, 0.1) is 5.41 Å². The SMILES string of the molecule is C/C=C(\C=N)c1cc(=O)n2cc(N3CCN[C@@H](C)C3)ccc2n1. The Bertz CT molecular complexity index is 823. The monoisotopic (exact) mass is 311 g/mol. The molecule has 0 spiro atoms. The predicted octanol–water partition coefficient (Wildman–Crippen LogP) is 1.55. The Morgan fingerprint density at radius 3 is 3.00 bits per heavy atom. The van der Waals surface area contributed by atoms with Gasteiger partial charge in [0.1, 0.15) is 5.65 Å². The molecule has 1 aliphatic heterocycles. The van der Waals surface area contributed by atoms with Crippen molar-refractivity contribution >= 4 is 23.1 Å². The molecule has 1 atom stereocenters. The summed E-state index contributed by atoms with van der Waals surface area (Å²) in [6, 6.07) is 5.78. The van der Waals surface area contributed by atoms with Crippen molar-refractivity contribution in [1.29, 1.82) is 5.41 Å². The van der Waals surface area contributed by atoms with Crippen LogP contribution in [-0.2, 0) is 0 Å². The Kier molecular flexibility index (Phi) is 4.25. The van der Waals surface area contributed by atoms with Gasteiger partial charge in [-0.3, -0.25) is 9.20 Å². The number of anilines is 1. The first-order valence-electron chi connectivity index (χ1n) is 7.81. The maximum absolute atomic E-state index is 12.4. The first-order valence-corrected chi connectivity index (χ1v) is 7.81. The second kappa shape index (κ2) is 6.34. The van der Waals surface area contributed by atoms with E-state index in [4.69, 9.17) is 5.41 Å². The van der Waals surface area contributed by atoms with Crippen molar-refractivity contribution in [2.45, 2.75) is 19.9 Å². The molecule has 1 saturated heterocycles.